The molecule has 2 heterocycles. The van der Waals surface area contributed by atoms with Crippen LogP contribution in [-0.4, -0.2) is 42.5 Å². The number of benzene rings is 2. The molecule has 3 aromatic rings. The maximum atomic E-state index is 6.07. The van der Waals surface area contributed by atoms with Gasteiger partial charge in [0.1, 0.15) is 16.8 Å². The molecule has 0 amide bonds. The Morgan fingerprint density at radius 1 is 1.10 bits per heavy atom. The first-order valence-electron chi connectivity index (χ1n) is 14.1. The maximum Gasteiger partial charge on any atom is 0.226 e. The molecule has 7 nitrogen and oxygen atoms in total. The Kier molecular flexibility index (Phi) is 13.6. The number of nitrogens with zero attached hydrogens (tertiary/aromatic N) is 5. The quantitative estimate of drug-likeness (QED) is 0.358. The average molecular weight is 543 g/mol. The van der Waals surface area contributed by atoms with Crippen LogP contribution < -0.4 is 25.5 Å². The fraction of sp³-hybridized carbons (Fsp3) is 0.394. The largest absolute Gasteiger partial charge is 0.457 e. The van der Waals surface area contributed by atoms with Crippen LogP contribution in [0.5, 0.6) is 11.5 Å². The predicted octanol–water partition coefficient (Wildman–Crippen LogP) is 6.53. The van der Waals surface area contributed by atoms with E-state index in [-0.39, 0.29) is 0 Å². The first kappa shape index (κ1) is 32.2. The molecule has 1 aliphatic rings. The lowest BCUT2D eigenvalue weighted by Crippen LogP contribution is -2.39. The van der Waals surface area contributed by atoms with Crippen LogP contribution in [0.25, 0.3) is 12.4 Å². The number of ether oxygens (including phenoxy) is 1. The van der Waals surface area contributed by atoms with Gasteiger partial charge in [0.25, 0.3) is 0 Å². The SMILES string of the molecule is C=c1cnc(N2CCCC(C)C2)n/c1=C(/N=C\C)Nc1ccc(Oc2ccc(C)cc2)c(C)c1.CC.CC=NC. The van der Waals surface area contributed by atoms with E-state index in [1.54, 1.807) is 25.7 Å². The third kappa shape index (κ3) is 9.63. The van der Waals surface area contributed by atoms with Gasteiger partial charge in [-0.05, 0) is 88.6 Å². The minimum Gasteiger partial charge on any atom is -0.457 e. The third-order valence-corrected chi connectivity index (χ3v) is 6.22. The summed E-state index contributed by atoms with van der Waals surface area (Å²) in [7, 11) is 1.75. The Morgan fingerprint density at radius 3 is 2.40 bits per heavy atom. The lowest BCUT2D eigenvalue weighted by molar-refractivity contribution is 0.441. The van der Waals surface area contributed by atoms with Crippen molar-refractivity contribution in [2.45, 2.75) is 61.3 Å². The van der Waals surface area contributed by atoms with Gasteiger partial charge in [0.2, 0.25) is 5.95 Å². The summed E-state index contributed by atoms with van der Waals surface area (Å²) in [6.45, 7) is 20.2. The molecular formula is C33H46N6O. The fourth-order valence-corrected chi connectivity index (χ4v) is 4.12. The number of aryl methyl sites for hydroxylation is 2. The van der Waals surface area contributed by atoms with E-state index in [0.29, 0.717) is 17.1 Å². The Morgan fingerprint density at radius 2 is 1.80 bits per heavy atom. The zero-order chi connectivity index (χ0) is 29.5. The standard InChI is InChI=1S/C28H33N5O.C3H7N.C2H6/c1-6-29-27(26-22(5)17-30-28(32-26)33-15-7-8-20(3)18-33)31-23-11-14-25(21(4)16-23)34-24-12-9-19(2)10-13-24;1-3-4-2;1-2/h6,9-14,16-17,20,31H,5,7-8,15,18H2,1-4H3;3H,1-2H3;1-2H3/b27-26-,29-6-;;. The number of aliphatic imine (C=N–C) groups is 2. The van der Waals surface area contributed by atoms with E-state index in [2.05, 4.69) is 45.6 Å². The van der Waals surface area contributed by atoms with Crippen LogP contribution in [0.3, 0.4) is 0 Å². The van der Waals surface area contributed by atoms with Gasteiger partial charge >= 0.3 is 0 Å². The summed E-state index contributed by atoms with van der Waals surface area (Å²) in [5.74, 6) is 3.65. The minimum atomic E-state index is 0.638. The summed E-state index contributed by atoms with van der Waals surface area (Å²) in [5.41, 5.74) is 3.13. The van der Waals surface area contributed by atoms with Crippen LogP contribution in [0.15, 0.2) is 58.6 Å². The van der Waals surface area contributed by atoms with Crippen molar-refractivity contribution in [1.29, 1.82) is 0 Å². The number of hydrogen-bond acceptors (Lipinski definition) is 7. The van der Waals surface area contributed by atoms with Gasteiger partial charge in [-0.2, -0.15) is 0 Å². The Bertz CT molecular complexity index is 1360. The Hall–Kier alpha value is -4.00. The van der Waals surface area contributed by atoms with Gasteiger partial charge in [-0.15, -0.1) is 0 Å². The van der Waals surface area contributed by atoms with Gasteiger partial charge in [0.15, 0.2) is 5.82 Å². The van der Waals surface area contributed by atoms with E-state index in [1.807, 2.05) is 77.1 Å². The van der Waals surface area contributed by atoms with Crippen LogP contribution in [0.2, 0.25) is 0 Å². The second-order valence-electron chi connectivity index (χ2n) is 9.51. The number of rotatable bonds is 6. The summed E-state index contributed by atoms with van der Waals surface area (Å²) in [5, 5.41) is 4.87. The van der Waals surface area contributed by atoms with E-state index in [9.17, 15) is 0 Å². The highest BCUT2D eigenvalue weighted by Gasteiger charge is 2.18. The smallest absolute Gasteiger partial charge is 0.226 e. The molecule has 0 bridgehead atoms. The predicted molar refractivity (Wildman–Crippen MR) is 172 cm³/mol. The molecule has 2 aromatic carbocycles. The molecule has 1 unspecified atom stereocenters. The molecule has 4 rings (SSSR count). The van der Waals surface area contributed by atoms with Gasteiger partial charge in [0.05, 0.1) is 0 Å². The highest BCUT2D eigenvalue weighted by molar-refractivity contribution is 5.71. The summed E-state index contributed by atoms with van der Waals surface area (Å²) in [6.07, 6.45) is 7.70. The van der Waals surface area contributed by atoms with Crippen molar-refractivity contribution in [3.8, 4) is 11.5 Å². The topological polar surface area (TPSA) is 75.0 Å². The number of anilines is 2. The molecule has 1 N–H and O–H groups in total. The summed E-state index contributed by atoms with van der Waals surface area (Å²) in [6, 6.07) is 14.0. The lowest BCUT2D eigenvalue weighted by Gasteiger charge is -2.30. The molecule has 1 saturated heterocycles. The van der Waals surface area contributed by atoms with E-state index < -0.39 is 0 Å². The number of nitrogens with one attached hydrogen (secondary N) is 1. The zero-order valence-electron chi connectivity index (χ0n) is 25.5. The van der Waals surface area contributed by atoms with E-state index in [0.717, 1.165) is 53.4 Å². The van der Waals surface area contributed by atoms with E-state index in [4.69, 9.17) is 9.72 Å². The van der Waals surface area contributed by atoms with Gasteiger partial charge < -0.3 is 19.9 Å². The van der Waals surface area contributed by atoms with Crippen LogP contribution in [0.1, 0.15) is 58.6 Å². The maximum absolute atomic E-state index is 6.07. The van der Waals surface area contributed by atoms with Gasteiger partial charge in [-0.1, -0.05) is 45.0 Å². The molecule has 1 aromatic heterocycles. The molecular weight excluding hydrogens is 496 g/mol. The third-order valence-electron chi connectivity index (χ3n) is 6.22. The molecule has 1 aliphatic heterocycles. The van der Waals surface area contributed by atoms with Crippen molar-refractivity contribution in [2.24, 2.45) is 15.9 Å². The molecule has 1 atom stereocenters. The minimum absolute atomic E-state index is 0.638. The Balaban J connectivity index is 0.000000858. The first-order chi connectivity index (χ1) is 19.3. The molecule has 7 heteroatoms. The average Bonchev–Trinajstić information content (AvgIpc) is 2.97. The highest BCUT2D eigenvalue weighted by atomic mass is 16.5. The molecule has 0 saturated carbocycles. The summed E-state index contributed by atoms with van der Waals surface area (Å²) >= 11 is 0. The van der Waals surface area contributed by atoms with Gasteiger partial charge in [-0.3, -0.25) is 0 Å². The highest BCUT2D eigenvalue weighted by Crippen LogP contribution is 2.28. The van der Waals surface area contributed by atoms with Gasteiger partial charge in [0, 0.05) is 43.5 Å². The van der Waals surface area contributed by atoms with Crippen molar-refractivity contribution in [3.05, 3.63) is 70.4 Å². The van der Waals surface area contributed by atoms with Crippen LogP contribution >= 0.6 is 0 Å². The normalized spacial score (nSPS) is 15.6. The van der Waals surface area contributed by atoms with Crippen LogP contribution in [0, 0.1) is 19.8 Å². The summed E-state index contributed by atoms with van der Waals surface area (Å²) < 4.78 is 6.07. The van der Waals surface area contributed by atoms with E-state index >= 15 is 0 Å². The van der Waals surface area contributed by atoms with Crippen molar-refractivity contribution < 1.29 is 4.74 Å². The van der Waals surface area contributed by atoms with Gasteiger partial charge in [-0.25, -0.2) is 15.0 Å². The van der Waals surface area contributed by atoms with E-state index in [1.165, 1.54) is 12.0 Å². The number of hydrogen-bond donors (Lipinski definition) is 1. The Labute approximate surface area is 240 Å². The monoisotopic (exact) mass is 542 g/mol. The second kappa shape index (κ2) is 16.9. The molecule has 0 radical (unpaired) electrons. The van der Waals surface area contributed by atoms with Crippen molar-refractivity contribution >= 4 is 36.5 Å². The van der Waals surface area contributed by atoms with Crippen LogP contribution in [-0.2, 0) is 0 Å². The molecule has 214 valence electrons. The molecule has 1 fully saturated rings. The zero-order valence-corrected chi connectivity index (χ0v) is 25.5. The summed E-state index contributed by atoms with van der Waals surface area (Å²) in [4.78, 5) is 19.9. The van der Waals surface area contributed by atoms with Crippen molar-refractivity contribution in [2.75, 3.05) is 30.4 Å². The molecule has 40 heavy (non-hydrogen) atoms. The fourth-order valence-electron chi connectivity index (χ4n) is 4.12. The molecule has 0 aliphatic carbocycles. The second-order valence-corrected chi connectivity index (χ2v) is 9.51. The number of aromatic nitrogens is 2. The van der Waals surface area contributed by atoms with Crippen molar-refractivity contribution in [1.82, 2.24) is 9.97 Å². The molecule has 0 spiro atoms. The van der Waals surface area contributed by atoms with Crippen molar-refractivity contribution in [3.63, 3.8) is 0 Å². The number of piperidine rings is 1. The first-order valence-corrected chi connectivity index (χ1v) is 14.1. The lowest BCUT2D eigenvalue weighted by atomic mass is 10.0. The van der Waals surface area contributed by atoms with Crippen LogP contribution in [0.4, 0.5) is 11.6 Å².